The maximum absolute atomic E-state index is 4.87. The molecule has 3 aromatic rings. The SMILES string of the molecule is CC(C)(C)c1cc(-c2ccccc2)cc(-c2cccc[nH+]2)n1. The van der Waals surface area contributed by atoms with Crippen LogP contribution >= 0.6 is 0 Å². The van der Waals surface area contributed by atoms with Crippen LogP contribution in [0.1, 0.15) is 26.5 Å². The Morgan fingerprint density at radius 1 is 0.818 bits per heavy atom. The third kappa shape index (κ3) is 3.06. The zero-order valence-electron chi connectivity index (χ0n) is 13.3. The number of H-pyrrole nitrogens is 1. The first kappa shape index (κ1) is 14.5. The number of rotatable bonds is 2. The Balaban J connectivity index is 2.19. The highest BCUT2D eigenvalue weighted by molar-refractivity contribution is 5.69. The lowest BCUT2D eigenvalue weighted by molar-refractivity contribution is -0.364. The predicted octanol–water partition coefficient (Wildman–Crippen LogP) is 4.53. The van der Waals surface area contributed by atoms with Crippen LogP contribution < -0.4 is 4.98 Å². The van der Waals surface area contributed by atoms with Gasteiger partial charge >= 0.3 is 0 Å². The van der Waals surface area contributed by atoms with Crippen LogP contribution in [0.25, 0.3) is 22.5 Å². The highest BCUT2D eigenvalue weighted by Gasteiger charge is 2.19. The maximum atomic E-state index is 4.87. The van der Waals surface area contributed by atoms with E-state index >= 15 is 0 Å². The maximum Gasteiger partial charge on any atom is 0.229 e. The van der Waals surface area contributed by atoms with Crippen LogP contribution in [0, 0.1) is 0 Å². The first-order valence-electron chi connectivity index (χ1n) is 7.59. The van der Waals surface area contributed by atoms with Gasteiger partial charge in [-0.05, 0) is 29.3 Å². The summed E-state index contributed by atoms with van der Waals surface area (Å²) in [5.41, 5.74) is 5.54. The van der Waals surface area contributed by atoms with Gasteiger partial charge in [0.2, 0.25) is 5.69 Å². The second-order valence-electron chi connectivity index (χ2n) is 6.52. The van der Waals surface area contributed by atoms with Crippen molar-refractivity contribution in [2.24, 2.45) is 0 Å². The molecule has 110 valence electrons. The molecule has 0 bridgehead atoms. The number of hydrogen-bond donors (Lipinski definition) is 0. The summed E-state index contributed by atoms with van der Waals surface area (Å²) in [4.78, 5) is 8.15. The second kappa shape index (κ2) is 5.72. The Kier molecular flexibility index (Phi) is 3.76. The van der Waals surface area contributed by atoms with E-state index in [0.717, 1.165) is 17.1 Å². The molecule has 1 N–H and O–H groups in total. The Labute approximate surface area is 131 Å². The van der Waals surface area contributed by atoms with E-state index in [9.17, 15) is 0 Å². The summed E-state index contributed by atoms with van der Waals surface area (Å²) in [5.74, 6) is 0. The summed E-state index contributed by atoms with van der Waals surface area (Å²) in [7, 11) is 0. The molecule has 0 saturated heterocycles. The van der Waals surface area contributed by atoms with E-state index < -0.39 is 0 Å². The van der Waals surface area contributed by atoms with E-state index in [2.05, 4.69) is 68.2 Å². The Morgan fingerprint density at radius 3 is 2.18 bits per heavy atom. The molecule has 3 rings (SSSR count). The molecule has 2 nitrogen and oxygen atoms in total. The van der Waals surface area contributed by atoms with Crippen molar-refractivity contribution in [3.63, 3.8) is 0 Å². The fourth-order valence-corrected chi connectivity index (χ4v) is 2.40. The van der Waals surface area contributed by atoms with Gasteiger partial charge in [0.15, 0.2) is 6.20 Å². The molecular weight excluding hydrogens is 268 g/mol. The third-order valence-electron chi connectivity index (χ3n) is 3.69. The summed E-state index contributed by atoms with van der Waals surface area (Å²) in [5, 5.41) is 0. The molecule has 0 radical (unpaired) electrons. The van der Waals surface area contributed by atoms with Gasteiger partial charge in [-0.25, -0.2) is 9.97 Å². The molecular formula is C20H21N2+. The van der Waals surface area contributed by atoms with Crippen molar-refractivity contribution >= 4 is 0 Å². The number of hydrogen-bond acceptors (Lipinski definition) is 1. The minimum Gasteiger partial charge on any atom is -0.246 e. The van der Waals surface area contributed by atoms with Crippen LogP contribution in [0.15, 0.2) is 66.9 Å². The average Bonchev–Trinajstić information content (AvgIpc) is 2.55. The van der Waals surface area contributed by atoms with Crippen molar-refractivity contribution in [3.05, 3.63) is 72.6 Å². The summed E-state index contributed by atoms with van der Waals surface area (Å²) in [6.45, 7) is 6.59. The molecule has 2 heterocycles. The molecule has 0 atom stereocenters. The van der Waals surface area contributed by atoms with Crippen molar-refractivity contribution < 1.29 is 4.98 Å². The summed E-state index contributed by atoms with van der Waals surface area (Å²) >= 11 is 0. The zero-order chi connectivity index (χ0) is 15.6. The zero-order valence-corrected chi connectivity index (χ0v) is 13.3. The highest BCUT2D eigenvalue weighted by atomic mass is 14.8. The Morgan fingerprint density at radius 2 is 1.55 bits per heavy atom. The van der Waals surface area contributed by atoms with Crippen molar-refractivity contribution in [3.8, 4) is 22.5 Å². The molecule has 0 fully saturated rings. The number of pyridine rings is 2. The monoisotopic (exact) mass is 289 g/mol. The van der Waals surface area contributed by atoms with Gasteiger partial charge in [0, 0.05) is 23.2 Å². The largest absolute Gasteiger partial charge is 0.246 e. The van der Waals surface area contributed by atoms with Crippen molar-refractivity contribution in [2.45, 2.75) is 26.2 Å². The quantitative estimate of drug-likeness (QED) is 0.681. The van der Waals surface area contributed by atoms with Crippen LogP contribution in [-0.2, 0) is 5.41 Å². The topological polar surface area (TPSA) is 27.0 Å². The van der Waals surface area contributed by atoms with E-state index in [-0.39, 0.29) is 5.41 Å². The number of nitrogens with one attached hydrogen (secondary N) is 1. The lowest BCUT2D eigenvalue weighted by Gasteiger charge is -2.19. The number of benzene rings is 1. The van der Waals surface area contributed by atoms with Gasteiger partial charge in [0.05, 0.1) is 0 Å². The molecule has 0 aliphatic rings. The standard InChI is InChI=1S/C20H20N2/c1-20(2,3)19-14-16(15-9-5-4-6-10-15)13-18(22-19)17-11-7-8-12-21-17/h4-14H,1-3H3/p+1. The van der Waals surface area contributed by atoms with E-state index in [0.29, 0.717) is 0 Å². The van der Waals surface area contributed by atoms with Crippen LogP contribution in [0.4, 0.5) is 0 Å². The summed E-state index contributed by atoms with van der Waals surface area (Å²) < 4.78 is 0. The molecule has 0 saturated carbocycles. The molecule has 2 aromatic heterocycles. The molecule has 22 heavy (non-hydrogen) atoms. The van der Waals surface area contributed by atoms with Crippen molar-refractivity contribution in [1.82, 2.24) is 4.98 Å². The van der Waals surface area contributed by atoms with E-state index in [1.54, 1.807) is 0 Å². The van der Waals surface area contributed by atoms with E-state index in [1.165, 1.54) is 11.1 Å². The average molecular weight is 289 g/mol. The normalized spacial score (nSPS) is 11.4. The van der Waals surface area contributed by atoms with E-state index in [1.807, 2.05) is 24.4 Å². The van der Waals surface area contributed by atoms with Crippen LogP contribution in [0.2, 0.25) is 0 Å². The molecule has 2 heteroatoms. The minimum atomic E-state index is 0.00825. The second-order valence-corrected chi connectivity index (χ2v) is 6.52. The van der Waals surface area contributed by atoms with Crippen LogP contribution in [0.3, 0.4) is 0 Å². The van der Waals surface area contributed by atoms with Crippen molar-refractivity contribution in [1.29, 1.82) is 0 Å². The molecule has 0 unspecified atom stereocenters. The lowest BCUT2D eigenvalue weighted by Crippen LogP contribution is -2.15. The first-order chi connectivity index (χ1) is 10.5. The molecule has 0 amide bonds. The Bertz CT molecular complexity index is 699. The lowest BCUT2D eigenvalue weighted by atomic mass is 9.89. The molecule has 0 aliphatic heterocycles. The fourth-order valence-electron chi connectivity index (χ4n) is 2.40. The fraction of sp³-hybridized carbons (Fsp3) is 0.200. The number of aromatic amines is 1. The summed E-state index contributed by atoms with van der Waals surface area (Å²) in [6.07, 6.45) is 1.93. The molecule has 0 aliphatic carbocycles. The molecule has 0 spiro atoms. The van der Waals surface area contributed by atoms with Gasteiger partial charge in [0.25, 0.3) is 0 Å². The van der Waals surface area contributed by atoms with Gasteiger partial charge in [0.1, 0.15) is 5.69 Å². The molecule has 1 aromatic carbocycles. The van der Waals surface area contributed by atoms with Crippen LogP contribution in [-0.4, -0.2) is 4.98 Å². The number of aromatic nitrogens is 2. The smallest absolute Gasteiger partial charge is 0.229 e. The number of nitrogens with zero attached hydrogens (tertiary/aromatic N) is 1. The predicted molar refractivity (Wildman–Crippen MR) is 90.4 cm³/mol. The van der Waals surface area contributed by atoms with Gasteiger partial charge in [-0.2, -0.15) is 0 Å². The minimum absolute atomic E-state index is 0.00825. The van der Waals surface area contributed by atoms with Gasteiger partial charge < -0.3 is 0 Å². The van der Waals surface area contributed by atoms with Crippen molar-refractivity contribution in [2.75, 3.05) is 0 Å². The van der Waals surface area contributed by atoms with E-state index in [4.69, 9.17) is 4.98 Å². The van der Waals surface area contributed by atoms with Gasteiger partial charge in [-0.1, -0.05) is 51.1 Å². The Hall–Kier alpha value is -2.48. The van der Waals surface area contributed by atoms with Gasteiger partial charge in [-0.15, -0.1) is 0 Å². The highest BCUT2D eigenvalue weighted by Crippen LogP contribution is 2.29. The third-order valence-corrected chi connectivity index (χ3v) is 3.69. The van der Waals surface area contributed by atoms with Crippen LogP contribution in [0.5, 0.6) is 0 Å². The first-order valence-corrected chi connectivity index (χ1v) is 7.59. The van der Waals surface area contributed by atoms with Gasteiger partial charge in [-0.3, -0.25) is 0 Å². The summed E-state index contributed by atoms with van der Waals surface area (Å²) in [6, 6.07) is 20.9.